The minimum Gasteiger partial charge on any atom is -0.0591 e. The molecule has 0 aromatic heterocycles. The Bertz CT molecular complexity index is 494. The van der Waals surface area contributed by atoms with Crippen LogP contribution in [-0.2, 0) is 0 Å². The van der Waals surface area contributed by atoms with E-state index < -0.39 is 0 Å². The summed E-state index contributed by atoms with van der Waals surface area (Å²) in [6.45, 7) is 16.1. The monoisotopic (exact) mass is 288 g/mol. The zero-order chi connectivity index (χ0) is 15.4. The SMILES string of the molecule is CC12CCCC3(C)CC(C)(CC1)C1(C)CC2(C)CCC31C. The van der Waals surface area contributed by atoms with Gasteiger partial charge in [-0.3, -0.25) is 0 Å². The molecule has 0 N–H and O–H groups in total. The summed E-state index contributed by atoms with van der Waals surface area (Å²) in [5.41, 5.74) is 3.50. The fourth-order valence-corrected chi connectivity index (χ4v) is 8.36. The van der Waals surface area contributed by atoms with Gasteiger partial charge in [0.15, 0.2) is 0 Å². The fraction of sp³-hybridized carbons (Fsp3) is 1.00. The van der Waals surface area contributed by atoms with Gasteiger partial charge in [-0.25, -0.2) is 0 Å². The van der Waals surface area contributed by atoms with Crippen molar-refractivity contribution in [2.45, 2.75) is 99.3 Å². The van der Waals surface area contributed by atoms with Crippen LogP contribution in [0.5, 0.6) is 0 Å². The molecule has 0 amide bonds. The first-order chi connectivity index (χ1) is 9.54. The van der Waals surface area contributed by atoms with Crippen molar-refractivity contribution >= 4 is 0 Å². The summed E-state index contributed by atoms with van der Waals surface area (Å²) in [5.74, 6) is 0. The fourth-order valence-electron chi connectivity index (χ4n) is 8.36. The van der Waals surface area contributed by atoms with Crippen molar-refractivity contribution in [3.63, 3.8) is 0 Å². The lowest BCUT2D eigenvalue weighted by molar-refractivity contribution is -0.121. The molecule has 0 aromatic carbocycles. The van der Waals surface area contributed by atoms with Crippen LogP contribution < -0.4 is 0 Å². The van der Waals surface area contributed by atoms with Crippen molar-refractivity contribution in [1.82, 2.24) is 0 Å². The minimum atomic E-state index is 0.559. The van der Waals surface area contributed by atoms with Gasteiger partial charge < -0.3 is 0 Å². The van der Waals surface area contributed by atoms with Crippen molar-refractivity contribution < 1.29 is 0 Å². The van der Waals surface area contributed by atoms with Crippen molar-refractivity contribution in [2.75, 3.05) is 0 Å². The highest BCUT2D eigenvalue weighted by Crippen LogP contribution is 2.83. The molecule has 6 unspecified atom stereocenters. The molecule has 6 fully saturated rings. The predicted molar refractivity (Wildman–Crippen MR) is 90.2 cm³/mol. The second-order valence-electron chi connectivity index (χ2n) is 11.1. The van der Waals surface area contributed by atoms with Crippen LogP contribution in [0.4, 0.5) is 0 Å². The average molecular weight is 289 g/mol. The van der Waals surface area contributed by atoms with Crippen LogP contribution in [0.3, 0.4) is 0 Å². The Labute approximate surface area is 132 Å². The molecule has 0 aromatic rings. The average Bonchev–Trinajstić information content (AvgIpc) is 2.54. The second-order valence-corrected chi connectivity index (χ2v) is 11.1. The highest BCUT2D eigenvalue weighted by Gasteiger charge is 2.74. The molecule has 6 atom stereocenters. The van der Waals surface area contributed by atoms with Crippen molar-refractivity contribution in [2.24, 2.45) is 32.5 Å². The highest BCUT2D eigenvalue weighted by atomic mass is 14.8. The molecular weight excluding hydrogens is 252 g/mol. The smallest absolute Gasteiger partial charge is 0.0207 e. The van der Waals surface area contributed by atoms with Gasteiger partial charge >= 0.3 is 0 Å². The maximum Gasteiger partial charge on any atom is -0.0207 e. The van der Waals surface area contributed by atoms with Crippen LogP contribution in [0.2, 0.25) is 0 Å². The molecule has 0 heteroatoms. The second kappa shape index (κ2) is 3.57. The third-order valence-electron chi connectivity index (χ3n) is 10.7. The first-order valence-electron chi connectivity index (χ1n) is 9.54. The first kappa shape index (κ1) is 14.6. The Balaban J connectivity index is 2.01. The maximum absolute atomic E-state index is 2.72. The molecule has 0 heterocycles. The molecular formula is C21H36. The van der Waals surface area contributed by atoms with E-state index in [4.69, 9.17) is 0 Å². The third kappa shape index (κ3) is 1.32. The first-order valence-corrected chi connectivity index (χ1v) is 9.54. The van der Waals surface area contributed by atoms with Gasteiger partial charge in [-0.2, -0.15) is 0 Å². The van der Waals surface area contributed by atoms with Gasteiger partial charge in [0.2, 0.25) is 0 Å². The van der Waals surface area contributed by atoms with Gasteiger partial charge in [-0.15, -0.1) is 0 Å². The van der Waals surface area contributed by atoms with Gasteiger partial charge in [0.05, 0.1) is 0 Å². The maximum atomic E-state index is 2.72. The van der Waals surface area contributed by atoms with Crippen molar-refractivity contribution in [1.29, 1.82) is 0 Å². The third-order valence-corrected chi connectivity index (χ3v) is 10.7. The minimum absolute atomic E-state index is 0.559. The van der Waals surface area contributed by atoms with Crippen LogP contribution >= 0.6 is 0 Å². The van der Waals surface area contributed by atoms with Gasteiger partial charge in [0.1, 0.15) is 0 Å². The Morgan fingerprint density at radius 2 is 0.952 bits per heavy atom. The van der Waals surface area contributed by atoms with Crippen LogP contribution in [0.15, 0.2) is 0 Å². The molecule has 6 saturated carbocycles. The lowest BCUT2D eigenvalue weighted by Gasteiger charge is -2.61. The molecule has 0 aliphatic heterocycles. The van der Waals surface area contributed by atoms with Gasteiger partial charge in [-0.05, 0) is 83.9 Å². The Kier molecular flexibility index (Phi) is 2.48. The van der Waals surface area contributed by atoms with Gasteiger partial charge in [0.25, 0.3) is 0 Å². The molecule has 120 valence electrons. The number of hydrogen-bond donors (Lipinski definition) is 0. The zero-order valence-corrected chi connectivity index (χ0v) is 15.4. The normalized spacial score (nSPS) is 66.0. The Morgan fingerprint density at radius 3 is 1.67 bits per heavy atom. The topological polar surface area (TPSA) is 0 Å². The molecule has 6 aliphatic carbocycles. The van der Waals surface area contributed by atoms with E-state index in [0.29, 0.717) is 32.5 Å². The van der Waals surface area contributed by atoms with Crippen LogP contribution in [0.1, 0.15) is 99.3 Å². The molecule has 6 bridgehead atoms. The van der Waals surface area contributed by atoms with Crippen molar-refractivity contribution in [3.05, 3.63) is 0 Å². The van der Waals surface area contributed by atoms with E-state index in [2.05, 4.69) is 41.5 Å². The summed E-state index contributed by atoms with van der Waals surface area (Å²) in [5, 5.41) is 0. The summed E-state index contributed by atoms with van der Waals surface area (Å²) in [6.07, 6.45) is 13.4. The number of hydrogen-bond acceptors (Lipinski definition) is 0. The highest BCUT2D eigenvalue weighted by molar-refractivity contribution is 5.23. The van der Waals surface area contributed by atoms with E-state index in [0.717, 1.165) is 0 Å². The molecule has 0 nitrogen and oxygen atoms in total. The lowest BCUT2D eigenvalue weighted by atomic mass is 9.43. The van der Waals surface area contributed by atoms with Gasteiger partial charge in [-0.1, -0.05) is 48.0 Å². The summed E-state index contributed by atoms with van der Waals surface area (Å²) >= 11 is 0. The molecule has 0 spiro atoms. The zero-order valence-electron chi connectivity index (χ0n) is 15.4. The van der Waals surface area contributed by atoms with Crippen LogP contribution in [-0.4, -0.2) is 0 Å². The predicted octanol–water partition coefficient (Wildman–Crippen LogP) is 6.59. The standard InChI is InChI=1S/C21H36/c1-16-8-7-9-18(3)14-19(4,11-10-16)21(6)15-17(16,2)12-13-20(18,21)5/h7-15H2,1-6H3. The van der Waals surface area contributed by atoms with E-state index in [-0.39, 0.29) is 0 Å². The number of rotatable bonds is 0. The van der Waals surface area contributed by atoms with Crippen molar-refractivity contribution in [3.8, 4) is 0 Å². The van der Waals surface area contributed by atoms with E-state index in [1.807, 2.05) is 0 Å². The molecule has 0 radical (unpaired) electrons. The van der Waals surface area contributed by atoms with Crippen LogP contribution in [0, 0.1) is 32.5 Å². The Morgan fingerprint density at radius 1 is 0.429 bits per heavy atom. The van der Waals surface area contributed by atoms with Crippen LogP contribution in [0.25, 0.3) is 0 Å². The summed E-state index contributed by atoms with van der Waals surface area (Å²) < 4.78 is 0. The molecule has 0 saturated heterocycles. The van der Waals surface area contributed by atoms with E-state index in [1.165, 1.54) is 57.8 Å². The summed E-state index contributed by atoms with van der Waals surface area (Å²) in [6, 6.07) is 0. The molecule has 6 aliphatic rings. The van der Waals surface area contributed by atoms with E-state index in [9.17, 15) is 0 Å². The van der Waals surface area contributed by atoms with E-state index >= 15 is 0 Å². The summed E-state index contributed by atoms with van der Waals surface area (Å²) in [4.78, 5) is 0. The quantitative estimate of drug-likeness (QED) is 0.471. The lowest BCUT2D eigenvalue weighted by Crippen LogP contribution is -2.53. The molecule has 21 heavy (non-hydrogen) atoms. The number of fused-ring (bicyclic) bond motifs is 2. The Hall–Kier alpha value is 0. The summed E-state index contributed by atoms with van der Waals surface area (Å²) in [7, 11) is 0. The molecule has 6 rings (SSSR count). The largest absolute Gasteiger partial charge is 0.0591 e. The van der Waals surface area contributed by atoms with E-state index in [1.54, 1.807) is 0 Å². The van der Waals surface area contributed by atoms with Gasteiger partial charge in [0, 0.05) is 0 Å².